The maximum absolute atomic E-state index is 5.39. The second-order valence-corrected chi connectivity index (χ2v) is 5.68. The summed E-state index contributed by atoms with van der Waals surface area (Å²) in [6.45, 7) is 2.06. The van der Waals surface area contributed by atoms with Gasteiger partial charge in [-0.25, -0.2) is 14.6 Å². The minimum atomic E-state index is 0.688. The molecule has 2 aromatic carbocycles. The van der Waals surface area contributed by atoms with Crippen molar-refractivity contribution in [2.45, 2.75) is 6.92 Å². The van der Waals surface area contributed by atoms with E-state index in [0.29, 0.717) is 5.82 Å². The molecular weight excluding hydrogens is 314 g/mol. The number of rotatable bonds is 4. The van der Waals surface area contributed by atoms with E-state index in [1.165, 1.54) is 11.9 Å². The van der Waals surface area contributed by atoms with Gasteiger partial charge in [0.25, 0.3) is 0 Å². The molecule has 0 saturated carbocycles. The van der Waals surface area contributed by atoms with Gasteiger partial charge < -0.3 is 10.1 Å². The first kappa shape index (κ1) is 15.1. The summed E-state index contributed by atoms with van der Waals surface area (Å²) < 4.78 is 7.20. The highest BCUT2D eigenvalue weighted by Gasteiger charge is 2.12. The van der Waals surface area contributed by atoms with Gasteiger partial charge in [0.15, 0.2) is 5.65 Å². The molecule has 0 atom stereocenters. The van der Waals surface area contributed by atoms with Crippen LogP contribution in [0.4, 0.5) is 11.5 Å². The second kappa shape index (κ2) is 6.24. The Balaban J connectivity index is 1.78. The molecule has 0 radical (unpaired) electrons. The number of aryl methyl sites for hydroxylation is 1. The van der Waals surface area contributed by atoms with Gasteiger partial charge in [0.2, 0.25) is 0 Å². The second-order valence-electron chi connectivity index (χ2n) is 5.68. The van der Waals surface area contributed by atoms with Crippen LogP contribution in [-0.2, 0) is 0 Å². The van der Waals surface area contributed by atoms with Crippen molar-refractivity contribution in [3.8, 4) is 11.4 Å². The molecule has 6 heteroatoms. The number of para-hydroxylation sites is 2. The maximum atomic E-state index is 5.39. The van der Waals surface area contributed by atoms with Gasteiger partial charge in [-0.1, -0.05) is 29.8 Å². The fourth-order valence-corrected chi connectivity index (χ4v) is 2.69. The van der Waals surface area contributed by atoms with Gasteiger partial charge in [-0.3, -0.25) is 0 Å². The first-order chi connectivity index (χ1) is 12.3. The Morgan fingerprint density at radius 2 is 1.80 bits per heavy atom. The van der Waals surface area contributed by atoms with Crippen LogP contribution in [0.2, 0.25) is 0 Å². The summed E-state index contributed by atoms with van der Waals surface area (Å²) in [4.78, 5) is 8.77. The molecule has 0 spiro atoms. The third-order valence-electron chi connectivity index (χ3n) is 4.00. The van der Waals surface area contributed by atoms with Gasteiger partial charge >= 0.3 is 0 Å². The van der Waals surface area contributed by atoms with Crippen LogP contribution in [0.5, 0.6) is 5.75 Å². The number of nitrogens with one attached hydrogen (secondary N) is 1. The van der Waals surface area contributed by atoms with E-state index in [4.69, 9.17) is 4.74 Å². The summed E-state index contributed by atoms with van der Waals surface area (Å²) in [6.07, 6.45) is 3.30. The quantitative estimate of drug-likeness (QED) is 0.615. The molecule has 2 aromatic heterocycles. The standard InChI is InChI=1S/C19H17N5O/c1-13-7-9-14(10-8-13)24-19-15(11-22-24)18(20-12-21-19)23-16-5-3-4-6-17(16)25-2/h3-12H,1-2H3,(H,20,21,23). The number of ether oxygens (including phenoxy) is 1. The SMILES string of the molecule is COc1ccccc1Nc1ncnc2c1cnn2-c1ccc(C)cc1. The van der Waals surface area contributed by atoms with Crippen molar-refractivity contribution in [3.63, 3.8) is 0 Å². The van der Waals surface area contributed by atoms with E-state index in [0.717, 1.165) is 28.2 Å². The van der Waals surface area contributed by atoms with Crippen molar-refractivity contribution in [3.05, 3.63) is 66.6 Å². The first-order valence-corrected chi connectivity index (χ1v) is 7.92. The molecule has 1 N–H and O–H groups in total. The molecule has 4 aromatic rings. The predicted molar refractivity (Wildman–Crippen MR) is 97.7 cm³/mol. The zero-order chi connectivity index (χ0) is 17.2. The molecule has 0 aliphatic carbocycles. The molecule has 25 heavy (non-hydrogen) atoms. The molecule has 0 aliphatic rings. The minimum absolute atomic E-state index is 0.688. The number of aromatic nitrogens is 4. The lowest BCUT2D eigenvalue weighted by Crippen LogP contribution is -2.00. The lowest BCUT2D eigenvalue weighted by atomic mass is 10.2. The summed E-state index contributed by atoms with van der Waals surface area (Å²) in [5, 5.41) is 8.64. The third-order valence-corrected chi connectivity index (χ3v) is 4.00. The van der Waals surface area contributed by atoms with Crippen LogP contribution in [0.15, 0.2) is 61.1 Å². The molecule has 0 fully saturated rings. The van der Waals surface area contributed by atoms with Gasteiger partial charge in [0, 0.05) is 0 Å². The number of nitrogens with zero attached hydrogens (tertiary/aromatic N) is 4. The average molecular weight is 331 g/mol. The van der Waals surface area contributed by atoms with Gasteiger partial charge in [-0.05, 0) is 31.2 Å². The highest BCUT2D eigenvalue weighted by molar-refractivity contribution is 5.89. The summed E-state index contributed by atoms with van der Waals surface area (Å²) in [5.74, 6) is 1.44. The molecule has 2 heterocycles. The van der Waals surface area contributed by atoms with E-state index in [-0.39, 0.29) is 0 Å². The molecule has 0 amide bonds. The van der Waals surface area contributed by atoms with Crippen LogP contribution in [0.1, 0.15) is 5.56 Å². The zero-order valence-electron chi connectivity index (χ0n) is 14.0. The Kier molecular flexibility index (Phi) is 3.78. The zero-order valence-corrected chi connectivity index (χ0v) is 14.0. The van der Waals surface area contributed by atoms with Crippen molar-refractivity contribution in [1.29, 1.82) is 0 Å². The molecular formula is C19H17N5O. The fourth-order valence-electron chi connectivity index (χ4n) is 2.69. The van der Waals surface area contributed by atoms with E-state index in [1.807, 2.05) is 41.1 Å². The fraction of sp³-hybridized carbons (Fsp3) is 0.105. The molecule has 0 bridgehead atoms. The number of hydrogen-bond acceptors (Lipinski definition) is 5. The largest absolute Gasteiger partial charge is 0.495 e. The van der Waals surface area contributed by atoms with E-state index in [9.17, 15) is 0 Å². The van der Waals surface area contributed by atoms with Crippen LogP contribution in [0.3, 0.4) is 0 Å². The van der Waals surface area contributed by atoms with Crippen LogP contribution >= 0.6 is 0 Å². The minimum Gasteiger partial charge on any atom is -0.495 e. The van der Waals surface area contributed by atoms with Crippen molar-refractivity contribution in [1.82, 2.24) is 19.7 Å². The highest BCUT2D eigenvalue weighted by atomic mass is 16.5. The highest BCUT2D eigenvalue weighted by Crippen LogP contribution is 2.29. The molecule has 124 valence electrons. The van der Waals surface area contributed by atoms with E-state index in [2.05, 4.69) is 39.4 Å². The van der Waals surface area contributed by atoms with Crippen LogP contribution in [0, 0.1) is 6.92 Å². The number of methoxy groups -OCH3 is 1. The Labute approximate surface area is 145 Å². The van der Waals surface area contributed by atoms with Crippen molar-refractivity contribution in [2.75, 3.05) is 12.4 Å². The summed E-state index contributed by atoms with van der Waals surface area (Å²) in [6, 6.07) is 15.9. The average Bonchev–Trinajstić information content (AvgIpc) is 3.08. The van der Waals surface area contributed by atoms with Gasteiger partial charge in [-0.15, -0.1) is 0 Å². The topological polar surface area (TPSA) is 64.9 Å². The number of fused-ring (bicyclic) bond motifs is 1. The smallest absolute Gasteiger partial charge is 0.168 e. The first-order valence-electron chi connectivity index (χ1n) is 7.92. The maximum Gasteiger partial charge on any atom is 0.168 e. The van der Waals surface area contributed by atoms with Crippen LogP contribution < -0.4 is 10.1 Å². The lowest BCUT2D eigenvalue weighted by molar-refractivity contribution is 0.417. The molecule has 0 aliphatic heterocycles. The van der Waals surface area contributed by atoms with E-state index < -0.39 is 0 Å². The van der Waals surface area contributed by atoms with E-state index >= 15 is 0 Å². The van der Waals surface area contributed by atoms with Gasteiger partial charge in [0.05, 0.1) is 30.1 Å². The molecule has 4 rings (SSSR count). The van der Waals surface area contributed by atoms with Crippen LogP contribution in [-0.4, -0.2) is 26.9 Å². The number of hydrogen-bond donors (Lipinski definition) is 1. The van der Waals surface area contributed by atoms with Crippen molar-refractivity contribution >= 4 is 22.5 Å². The molecule has 6 nitrogen and oxygen atoms in total. The Morgan fingerprint density at radius 3 is 2.60 bits per heavy atom. The summed E-state index contributed by atoms with van der Waals surface area (Å²) in [5.41, 5.74) is 3.75. The van der Waals surface area contributed by atoms with Gasteiger partial charge in [-0.2, -0.15) is 5.10 Å². The summed E-state index contributed by atoms with van der Waals surface area (Å²) in [7, 11) is 1.64. The molecule has 0 unspecified atom stereocenters. The van der Waals surface area contributed by atoms with Crippen molar-refractivity contribution in [2.24, 2.45) is 0 Å². The Bertz CT molecular complexity index is 1020. The Morgan fingerprint density at radius 1 is 1.00 bits per heavy atom. The van der Waals surface area contributed by atoms with E-state index in [1.54, 1.807) is 13.3 Å². The summed E-state index contributed by atoms with van der Waals surface area (Å²) >= 11 is 0. The van der Waals surface area contributed by atoms with Crippen LogP contribution in [0.25, 0.3) is 16.7 Å². The normalized spacial score (nSPS) is 10.8. The number of benzene rings is 2. The monoisotopic (exact) mass is 331 g/mol. The number of anilines is 2. The van der Waals surface area contributed by atoms with Crippen molar-refractivity contribution < 1.29 is 4.74 Å². The molecule has 0 saturated heterocycles. The predicted octanol–water partition coefficient (Wildman–Crippen LogP) is 3.88. The lowest BCUT2D eigenvalue weighted by Gasteiger charge is -2.10. The van der Waals surface area contributed by atoms with Gasteiger partial charge in [0.1, 0.15) is 17.9 Å². The Hall–Kier alpha value is -3.41. The third kappa shape index (κ3) is 2.78.